The second-order valence-corrected chi connectivity index (χ2v) is 9.23. The Morgan fingerprint density at radius 3 is 2.22 bits per heavy atom. The summed E-state index contributed by atoms with van der Waals surface area (Å²) in [6.45, 7) is 3.97. The Morgan fingerprint density at radius 2 is 1.53 bits per heavy atom. The van der Waals surface area contributed by atoms with Crippen LogP contribution in [0, 0.1) is 5.92 Å². The zero-order valence-corrected chi connectivity index (χ0v) is 18.8. The van der Waals surface area contributed by atoms with Gasteiger partial charge < -0.3 is 14.8 Å². The number of benzene rings is 3. The first-order chi connectivity index (χ1) is 15.3. The zero-order chi connectivity index (χ0) is 23.0. The van der Waals surface area contributed by atoms with Gasteiger partial charge in [0.25, 0.3) is 5.91 Å². The van der Waals surface area contributed by atoms with Crippen molar-refractivity contribution in [2.75, 3.05) is 18.5 Å². The molecule has 2 N–H and O–H groups in total. The quantitative estimate of drug-likeness (QED) is 0.473. The van der Waals surface area contributed by atoms with Crippen LogP contribution in [0.5, 0.6) is 17.2 Å². The van der Waals surface area contributed by atoms with Gasteiger partial charge >= 0.3 is 0 Å². The van der Waals surface area contributed by atoms with Crippen molar-refractivity contribution in [3.8, 4) is 17.2 Å². The van der Waals surface area contributed by atoms with Crippen molar-refractivity contribution in [3.63, 3.8) is 0 Å². The highest BCUT2D eigenvalue weighted by Gasteiger charge is 2.14. The normalized spacial score (nSPS) is 11.2. The fourth-order valence-electron chi connectivity index (χ4n) is 2.68. The molecule has 3 aromatic carbocycles. The summed E-state index contributed by atoms with van der Waals surface area (Å²) >= 11 is 0. The Bertz CT molecular complexity index is 1130. The van der Waals surface area contributed by atoms with Crippen molar-refractivity contribution in [2.45, 2.75) is 18.7 Å². The molecule has 0 saturated heterocycles. The Kier molecular flexibility index (Phi) is 7.86. The van der Waals surface area contributed by atoms with Crippen LogP contribution in [0.15, 0.2) is 83.8 Å². The van der Waals surface area contributed by atoms with Gasteiger partial charge in [-0.15, -0.1) is 0 Å². The monoisotopic (exact) mass is 454 g/mol. The maximum Gasteiger partial charge on any atom is 0.262 e. The highest BCUT2D eigenvalue weighted by atomic mass is 32.2. The molecule has 0 aliphatic heterocycles. The third-order valence-corrected chi connectivity index (χ3v) is 5.76. The van der Waals surface area contributed by atoms with Crippen molar-refractivity contribution in [3.05, 3.63) is 78.9 Å². The van der Waals surface area contributed by atoms with Gasteiger partial charge in [-0.3, -0.25) is 4.79 Å². The molecule has 0 radical (unpaired) electrons. The van der Waals surface area contributed by atoms with Crippen LogP contribution < -0.4 is 19.5 Å². The molecule has 7 nitrogen and oxygen atoms in total. The Balaban J connectivity index is 1.57. The molecular weight excluding hydrogens is 428 g/mol. The number of amides is 1. The third kappa shape index (κ3) is 6.83. The molecule has 8 heteroatoms. The molecule has 3 aromatic rings. The minimum atomic E-state index is -3.57. The molecule has 0 aliphatic rings. The molecule has 168 valence electrons. The van der Waals surface area contributed by atoms with Crippen LogP contribution in [0.4, 0.5) is 5.69 Å². The van der Waals surface area contributed by atoms with E-state index in [2.05, 4.69) is 10.0 Å². The van der Waals surface area contributed by atoms with Crippen molar-refractivity contribution in [1.82, 2.24) is 4.72 Å². The lowest BCUT2D eigenvalue weighted by Gasteiger charge is -2.13. The van der Waals surface area contributed by atoms with Crippen molar-refractivity contribution in [1.29, 1.82) is 0 Å². The highest BCUT2D eigenvalue weighted by molar-refractivity contribution is 7.89. The lowest BCUT2D eigenvalue weighted by Crippen LogP contribution is -2.27. The van der Waals surface area contributed by atoms with Gasteiger partial charge in [-0.25, -0.2) is 13.1 Å². The van der Waals surface area contributed by atoms with Crippen molar-refractivity contribution in [2.24, 2.45) is 5.92 Å². The Morgan fingerprint density at radius 1 is 0.875 bits per heavy atom. The number of sulfonamides is 1. The van der Waals surface area contributed by atoms with E-state index in [1.807, 2.05) is 50.2 Å². The molecule has 0 aromatic heterocycles. The van der Waals surface area contributed by atoms with E-state index in [0.29, 0.717) is 29.5 Å². The summed E-state index contributed by atoms with van der Waals surface area (Å²) in [6, 6.07) is 22.3. The van der Waals surface area contributed by atoms with Crippen molar-refractivity contribution >= 4 is 21.6 Å². The van der Waals surface area contributed by atoms with E-state index in [-0.39, 0.29) is 23.3 Å². The summed E-state index contributed by atoms with van der Waals surface area (Å²) in [7, 11) is -3.57. The number of carbonyl (C=O) groups is 1. The van der Waals surface area contributed by atoms with Crippen LogP contribution in [0.25, 0.3) is 0 Å². The van der Waals surface area contributed by atoms with Crippen molar-refractivity contribution < 1.29 is 22.7 Å². The lowest BCUT2D eigenvalue weighted by atomic mass is 10.2. The zero-order valence-electron chi connectivity index (χ0n) is 17.9. The molecule has 1 amide bonds. The molecule has 0 fully saturated rings. The van der Waals surface area contributed by atoms with Crippen LogP contribution >= 0.6 is 0 Å². The van der Waals surface area contributed by atoms with Gasteiger partial charge in [0.1, 0.15) is 11.5 Å². The minimum Gasteiger partial charge on any atom is -0.484 e. The predicted molar refractivity (Wildman–Crippen MR) is 124 cm³/mol. The summed E-state index contributed by atoms with van der Waals surface area (Å²) in [5.41, 5.74) is 0.516. The van der Waals surface area contributed by atoms with Gasteiger partial charge in [-0.05, 0) is 54.4 Å². The van der Waals surface area contributed by atoms with Gasteiger partial charge in [0.2, 0.25) is 10.0 Å². The summed E-state index contributed by atoms with van der Waals surface area (Å²) in [5.74, 6) is 1.38. The molecule has 0 spiro atoms. The number of carbonyl (C=O) groups excluding carboxylic acids is 1. The molecule has 0 bridgehead atoms. The Labute approximate surface area is 188 Å². The number of hydrogen-bond acceptors (Lipinski definition) is 5. The standard InChI is InChI=1S/C24H26N2O5S/c1-18(2)16-25-32(28,29)21-14-12-19(13-15-21)30-17-24(27)26-22-10-6-7-11-23(22)31-20-8-4-3-5-9-20/h3-15,18,25H,16-17H2,1-2H3,(H,26,27). The molecule has 0 heterocycles. The number of ether oxygens (including phenoxy) is 2. The molecular formula is C24H26N2O5S. The molecule has 0 aliphatic carbocycles. The summed E-state index contributed by atoms with van der Waals surface area (Å²) in [6.07, 6.45) is 0. The van der Waals surface area contributed by atoms with Gasteiger partial charge in [0.15, 0.2) is 12.4 Å². The van der Waals surface area contributed by atoms with E-state index in [9.17, 15) is 13.2 Å². The number of para-hydroxylation sites is 3. The number of nitrogens with one attached hydrogen (secondary N) is 2. The first kappa shape index (κ1) is 23.3. The Hall–Kier alpha value is -3.36. The van der Waals surface area contributed by atoms with Crippen LogP contribution in [-0.2, 0) is 14.8 Å². The smallest absolute Gasteiger partial charge is 0.262 e. The van der Waals surface area contributed by atoms with Crippen LogP contribution in [0.2, 0.25) is 0 Å². The molecule has 3 rings (SSSR count). The minimum absolute atomic E-state index is 0.141. The summed E-state index contributed by atoms with van der Waals surface area (Å²) < 4.78 is 38.4. The molecule has 32 heavy (non-hydrogen) atoms. The van der Waals surface area contributed by atoms with Gasteiger partial charge in [0.05, 0.1) is 10.6 Å². The van der Waals surface area contributed by atoms with Gasteiger partial charge in [-0.2, -0.15) is 0 Å². The topological polar surface area (TPSA) is 93.7 Å². The first-order valence-electron chi connectivity index (χ1n) is 10.2. The maximum atomic E-state index is 12.4. The van der Waals surface area contributed by atoms with Crippen LogP contribution in [-0.4, -0.2) is 27.5 Å². The van der Waals surface area contributed by atoms with Crippen LogP contribution in [0.1, 0.15) is 13.8 Å². The van der Waals surface area contributed by atoms with E-state index in [1.165, 1.54) is 24.3 Å². The average molecular weight is 455 g/mol. The van der Waals surface area contributed by atoms with E-state index >= 15 is 0 Å². The second kappa shape index (κ2) is 10.8. The summed E-state index contributed by atoms with van der Waals surface area (Å²) in [5, 5.41) is 2.77. The number of anilines is 1. The SMILES string of the molecule is CC(C)CNS(=O)(=O)c1ccc(OCC(=O)Nc2ccccc2Oc2ccccc2)cc1. The number of hydrogen-bond donors (Lipinski definition) is 2. The fraction of sp³-hybridized carbons (Fsp3) is 0.208. The fourth-order valence-corrected chi connectivity index (χ4v) is 3.90. The third-order valence-electron chi connectivity index (χ3n) is 4.32. The van der Waals surface area contributed by atoms with E-state index in [0.717, 1.165) is 0 Å². The molecule has 0 atom stereocenters. The van der Waals surface area contributed by atoms with E-state index in [1.54, 1.807) is 18.2 Å². The largest absolute Gasteiger partial charge is 0.484 e. The maximum absolute atomic E-state index is 12.4. The lowest BCUT2D eigenvalue weighted by molar-refractivity contribution is -0.118. The predicted octanol–water partition coefficient (Wildman–Crippen LogP) is 4.43. The van der Waals surface area contributed by atoms with Gasteiger partial charge in [0, 0.05) is 6.54 Å². The molecule has 0 saturated carbocycles. The van der Waals surface area contributed by atoms with E-state index in [4.69, 9.17) is 9.47 Å². The summed E-state index contributed by atoms with van der Waals surface area (Å²) in [4.78, 5) is 12.5. The average Bonchev–Trinajstić information content (AvgIpc) is 2.79. The second-order valence-electron chi connectivity index (χ2n) is 7.47. The number of rotatable bonds is 10. The van der Waals surface area contributed by atoms with E-state index < -0.39 is 10.0 Å². The van der Waals surface area contributed by atoms with Crippen LogP contribution in [0.3, 0.4) is 0 Å². The highest BCUT2D eigenvalue weighted by Crippen LogP contribution is 2.29. The van der Waals surface area contributed by atoms with Gasteiger partial charge in [-0.1, -0.05) is 44.2 Å². The molecule has 0 unspecified atom stereocenters. The first-order valence-corrected chi connectivity index (χ1v) is 11.7.